The van der Waals surface area contributed by atoms with Crippen molar-refractivity contribution in [2.45, 2.75) is 49.8 Å². The molecule has 1 unspecified atom stereocenters. The molecule has 17 heavy (non-hydrogen) atoms. The second kappa shape index (κ2) is 4.17. The van der Waals surface area contributed by atoms with E-state index in [1.165, 1.54) is 6.42 Å². The van der Waals surface area contributed by atoms with E-state index >= 15 is 0 Å². The fourth-order valence-electron chi connectivity index (χ4n) is 3.48. The zero-order valence-corrected chi connectivity index (χ0v) is 10.4. The lowest BCUT2D eigenvalue weighted by Crippen LogP contribution is -2.70. The highest BCUT2D eigenvalue weighted by molar-refractivity contribution is 5.02. The van der Waals surface area contributed by atoms with E-state index in [0.29, 0.717) is 12.5 Å². The largest absolute Gasteiger partial charge is 0.379 e. The van der Waals surface area contributed by atoms with Gasteiger partial charge in [0.2, 0.25) is 5.79 Å². The monoisotopic (exact) mass is 244 g/mol. The third-order valence-electron chi connectivity index (χ3n) is 4.27. The summed E-state index contributed by atoms with van der Waals surface area (Å²) in [4.78, 5) is 11.2. The molecule has 4 atom stereocenters. The Labute approximate surface area is 101 Å². The van der Waals surface area contributed by atoms with Crippen LogP contribution in [0.2, 0.25) is 0 Å². The van der Waals surface area contributed by atoms with Crippen molar-refractivity contribution in [2.75, 3.05) is 20.8 Å². The van der Waals surface area contributed by atoms with E-state index < -0.39 is 11.4 Å². The number of ether oxygens (including phenoxy) is 3. The van der Waals surface area contributed by atoms with Crippen molar-refractivity contribution in [2.24, 2.45) is 5.92 Å². The molecule has 5 nitrogen and oxygen atoms in total. The van der Waals surface area contributed by atoms with Crippen LogP contribution in [0.4, 0.5) is 0 Å². The van der Waals surface area contributed by atoms with Gasteiger partial charge in [-0.25, -0.2) is 4.89 Å². The van der Waals surface area contributed by atoms with Crippen LogP contribution in [0.15, 0.2) is 0 Å². The van der Waals surface area contributed by atoms with Gasteiger partial charge in [0.05, 0.1) is 0 Å². The number of rotatable bonds is 3. The predicted octanol–water partition coefficient (Wildman–Crippen LogP) is 1.61. The number of methoxy groups -OCH3 is 2. The number of hydrogen-bond acceptors (Lipinski definition) is 5. The Hall–Kier alpha value is -0.200. The van der Waals surface area contributed by atoms with Gasteiger partial charge in [-0.05, 0) is 12.8 Å². The molecule has 3 heterocycles. The molecule has 1 spiro atoms. The molecule has 0 amide bonds. The normalized spacial score (nSPS) is 49.1. The Balaban J connectivity index is 1.88. The van der Waals surface area contributed by atoms with Crippen LogP contribution in [0.5, 0.6) is 0 Å². The summed E-state index contributed by atoms with van der Waals surface area (Å²) in [6, 6.07) is 0. The first kappa shape index (κ1) is 11.9. The molecule has 4 rings (SSSR count). The number of fused-ring (bicyclic) bond motifs is 2. The summed E-state index contributed by atoms with van der Waals surface area (Å²) in [6.07, 6.45) is 4.97. The summed E-state index contributed by atoms with van der Waals surface area (Å²) in [6.45, 7) is 0.374. The van der Waals surface area contributed by atoms with E-state index in [0.717, 1.165) is 25.7 Å². The van der Waals surface area contributed by atoms with Gasteiger partial charge in [-0.3, -0.25) is 0 Å². The summed E-state index contributed by atoms with van der Waals surface area (Å²) < 4.78 is 16.6. The lowest BCUT2D eigenvalue weighted by molar-refractivity contribution is -0.594. The third kappa shape index (κ3) is 1.64. The maximum absolute atomic E-state index is 5.93. The summed E-state index contributed by atoms with van der Waals surface area (Å²) in [5.41, 5.74) is -0.400. The van der Waals surface area contributed by atoms with Gasteiger partial charge in [-0.15, -0.1) is 0 Å². The topological polar surface area (TPSA) is 46.2 Å². The third-order valence-corrected chi connectivity index (χ3v) is 4.27. The summed E-state index contributed by atoms with van der Waals surface area (Å²) >= 11 is 0. The van der Waals surface area contributed by atoms with Crippen LogP contribution >= 0.6 is 0 Å². The summed E-state index contributed by atoms with van der Waals surface area (Å²) in [7, 11) is 3.30. The fraction of sp³-hybridized carbons (Fsp3) is 1.00. The van der Waals surface area contributed by atoms with Crippen LogP contribution in [0.25, 0.3) is 0 Å². The van der Waals surface area contributed by atoms with Crippen LogP contribution in [-0.4, -0.2) is 38.5 Å². The van der Waals surface area contributed by atoms with Gasteiger partial charge in [0.15, 0.2) is 11.9 Å². The molecule has 98 valence electrons. The zero-order chi connectivity index (χ0) is 11.9. The van der Waals surface area contributed by atoms with Crippen molar-refractivity contribution < 1.29 is 24.0 Å². The molecular formula is C12H20O5. The van der Waals surface area contributed by atoms with Crippen LogP contribution < -0.4 is 0 Å². The van der Waals surface area contributed by atoms with Crippen LogP contribution in [0.1, 0.15) is 32.1 Å². The van der Waals surface area contributed by atoms with E-state index in [1.807, 2.05) is 0 Å². The average molecular weight is 244 g/mol. The molecule has 0 aromatic heterocycles. The molecule has 4 aliphatic rings. The highest BCUT2D eigenvalue weighted by Crippen LogP contribution is 2.54. The molecule has 0 aromatic rings. The number of hydrogen-bond donors (Lipinski definition) is 0. The van der Waals surface area contributed by atoms with Gasteiger partial charge in [-0.2, -0.15) is 4.89 Å². The van der Waals surface area contributed by atoms with Gasteiger partial charge >= 0.3 is 0 Å². The second-order valence-electron chi connectivity index (χ2n) is 5.30. The Kier molecular flexibility index (Phi) is 2.91. The minimum absolute atomic E-state index is 0.342. The lowest BCUT2D eigenvalue weighted by Gasteiger charge is -2.59. The van der Waals surface area contributed by atoms with Crippen LogP contribution in [-0.2, 0) is 24.0 Å². The molecule has 5 heteroatoms. The summed E-state index contributed by atoms with van der Waals surface area (Å²) in [5.74, 6) is -0.335. The Morgan fingerprint density at radius 3 is 2.88 bits per heavy atom. The quantitative estimate of drug-likeness (QED) is 0.706. The van der Waals surface area contributed by atoms with E-state index in [2.05, 4.69) is 0 Å². The maximum atomic E-state index is 5.93. The van der Waals surface area contributed by atoms with Crippen molar-refractivity contribution in [1.29, 1.82) is 0 Å². The van der Waals surface area contributed by atoms with Crippen LogP contribution in [0, 0.1) is 5.92 Å². The minimum Gasteiger partial charge on any atom is -0.379 e. The molecule has 0 radical (unpaired) electrons. The minimum atomic E-state index is -0.779. The molecule has 2 bridgehead atoms. The Morgan fingerprint density at radius 2 is 2.12 bits per heavy atom. The van der Waals surface area contributed by atoms with E-state index in [9.17, 15) is 0 Å². The molecular weight excluding hydrogens is 224 g/mol. The van der Waals surface area contributed by atoms with E-state index in [1.54, 1.807) is 14.2 Å². The SMILES string of the molecule is COC[C@]12CC3CCCC[C@@]3(OO1)[C@@H](OC)O2. The molecule has 0 aromatic carbocycles. The first-order valence-corrected chi connectivity index (χ1v) is 6.31. The zero-order valence-electron chi connectivity index (χ0n) is 10.4. The van der Waals surface area contributed by atoms with Crippen molar-refractivity contribution in [3.8, 4) is 0 Å². The van der Waals surface area contributed by atoms with Gasteiger partial charge in [0.25, 0.3) is 0 Å². The summed E-state index contributed by atoms with van der Waals surface area (Å²) in [5, 5.41) is 0. The first-order valence-electron chi connectivity index (χ1n) is 6.31. The van der Waals surface area contributed by atoms with E-state index in [-0.39, 0.29) is 6.29 Å². The predicted molar refractivity (Wildman–Crippen MR) is 58.0 cm³/mol. The maximum Gasteiger partial charge on any atom is 0.227 e. The standard InChI is InChI=1S/C12H20O5/c1-13-8-11-7-9-5-3-4-6-12(9,17-16-11)10(14-2)15-11/h9-10H,3-8H2,1-2H3/t9?,10-,11-,12-/m0/s1. The Morgan fingerprint density at radius 1 is 1.24 bits per heavy atom. The molecule has 1 aliphatic carbocycles. The van der Waals surface area contributed by atoms with Gasteiger partial charge < -0.3 is 14.2 Å². The smallest absolute Gasteiger partial charge is 0.227 e. The Bertz CT molecular complexity index is 285. The molecule has 3 aliphatic heterocycles. The van der Waals surface area contributed by atoms with Crippen molar-refractivity contribution in [3.05, 3.63) is 0 Å². The molecule has 1 saturated carbocycles. The fourth-order valence-corrected chi connectivity index (χ4v) is 3.48. The molecule has 4 fully saturated rings. The first-order chi connectivity index (χ1) is 8.25. The highest BCUT2D eigenvalue weighted by atomic mass is 17.3. The van der Waals surface area contributed by atoms with Crippen LogP contribution in [0.3, 0.4) is 0 Å². The lowest BCUT2D eigenvalue weighted by atomic mass is 9.69. The van der Waals surface area contributed by atoms with E-state index in [4.69, 9.17) is 24.0 Å². The van der Waals surface area contributed by atoms with Gasteiger partial charge in [0, 0.05) is 26.6 Å². The molecule has 0 N–H and O–H groups in total. The van der Waals surface area contributed by atoms with Crippen molar-refractivity contribution in [3.63, 3.8) is 0 Å². The highest BCUT2D eigenvalue weighted by Gasteiger charge is 2.65. The van der Waals surface area contributed by atoms with Crippen molar-refractivity contribution >= 4 is 0 Å². The second-order valence-corrected chi connectivity index (χ2v) is 5.30. The average Bonchev–Trinajstić information content (AvgIpc) is 2.37. The van der Waals surface area contributed by atoms with Gasteiger partial charge in [-0.1, -0.05) is 12.8 Å². The van der Waals surface area contributed by atoms with Crippen molar-refractivity contribution in [1.82, 2.24) is 0 Å². The van der Waals surface area contributed by atoms with Gasteiger partial charge in [0.1, 0.15) is 6.61 Å². The molecule has 3 saturated heterocycles.